The number of nitrogens with zero attached hydrogens (tertiary/aromatic N) is 2. The normalized spacial score (nSPS) is 26.1. The number of carbonyl (C=O) groups excluding carboxylic acids is 3. The third-order valence-corrected chi connectivity index (χ3v) is 5.15. The van der Waals surface area contributed by atoms with Gasteiger partial charge in [-0.3, -0.25) is 14.4 Å². The first-order valence-corrected chi connectivity index (χ1v) is 9.30. The molecule has 0 saturated carbocycles. The van der Waals surface area contributed by atoms with E-state index in [-0.39, 0.29) is 30.1 Å². The monoisotopic (exact) mass is 357 g/mol. The molecule has 2 heterocycles. The number of amides is 3. The molecule has 0 aliphatic carbocycles. The first-order chi connectivity index (χ1) is 12.3. The van der Waals surface area contributed by atoms with Gasteiger partial charge in [0.1, 0.15) is 0 Å². The van der Waals surface area contributed by atoms with Gasteiger partial charge >= 0.3 is 0 Å². The zero-order chi connectivity index (χ0) is 18.8. The molecule has 0 radical (unpaired) electrons. The summed E-state index contributed by atoms with van der Waals surface area (Å²) in [5.41, 5.74) is 1.46. The van der Waals surface area contributed by atoms with Gasteiger partial charge in [-0.15, -0.1) is 0 Å². The zero-order valence-corrected chi connectivity index (χ0v) is 15.7. The Morgan fingerprint density at radius 2 is 1.65 bits per heavy atom. The van der Waals surface area contributed by atoms with Crippen LogP contribution in [0.3, 0.4) is 0 Å². The lowest BCUT2D eigenvalue weighted by Gasteiger charge is -2.36. The molecule has 3 rings (SSSR count). The van der Waals surface area contributed by atoms with Crippen LogP contribution >= 0.6 is 0 Å². The molecular weight excluding hydrogens is 330 g/mol. The highest BCUT2D eigenvalue weighted by atomic mass is 16.2. The molecule has 6 nitrogen and oxygen atoms in total. The van der Waals surface area contributed by atoms with Crippen LogP contribution in [0.4, 0.5) is 11.4 Å². The van der Waals surface area contributed by atoms with Crippen molar-refractivity contribution in [2.24, 2.45) is 17.8 Å². The van der Waals surface area contributed by atoms with E-state index < -0.39 is 0 Å². The molecule has 1 aromatic carbocycles. The van der Waals surface area contributed by atoms with Gasteiger partial charge in [0.2, 0.25) is 17.7 Å². The van der Waals surface area contributed by atoms with Gasteiger partial charge in [0.05, 0.1) is 5.92 Å². The number of rotatable bonds is 3. The van der Waals surface area contributed by atoms with Gasteiger partial charge in [0.15, 0.2) is 0 Å². The Labute approximate surface area is 154 Å². The van der Waals surface area contributed by atoms with Crippen molar-refractivity contribution in [2.75, 3.05) is 29.9 Å². The van der Waals surface area contributed by atoms with Crippen molar-refractivity contribution in [3.8, 4) is 0 Å². The van der Waals surface area contributed by atoms with Crippen molar-refractivity contribution in [2.45, 2.75) is 33.6 Å². The summed E-state index contributed by atoms with van der Waals surface area (Å²) < 4.78 is 0. The van der Waals surface area contributed by atoms with Crippen LogP contribution in [-0.2, 0) is 14.4 Å². The lowest BCUT2D eigenvalue weighted by molar-refractivity contribution is -0.138. The second kappa shape index (κ2) is 7.48. The molecule has 0 bridgehead atoms. The fourth-order valence-electron chi connectivity index (χ4n) is 4.15. The van der Waals surface area contributed by atoms with Crippen LogP contribution in [0.5, 0.6) is 0 Å². The highest BCUT2D eigenvalue weighted by Gasteiger charge is 2.38. The minimum Gasteiger partial charge on any atom is -0.342 e. The summed E-state index contributed by atoms with van der Waals surface area (Å²) in [6.45, 7) is 7.82. The van der Waals surface area contributed by atoms with Crippen molar-refractivity contribution in [3.05, 3.63) is 24.3 Å². The molecule has 3 atom stereocenters. The second-order valence-corrected chi connectivity index (χ2v) is 7.82. The summed E-state index contributed by atoms with van der Waals surface area (Å²) >= 11 is 0. The topological polar surface area (TPSA) is 69.7 Å². The number of benzene rings is 1. The molecule has 6 heteroatoms. The SMILES string of the molecule is CC(=O)Nc1ccc(N2C[C@H](C(=O)N3C[C@H](C)C[C@@H](C)C3)CC2=O)cc1. The van der Waals surface area contributed by atoms with E-state index >= 15 is 0 Å². The molecule has 1 aromatic rings. The Balaban J connectivity index is 1.66. The highest BCUT2D eigenvalue weighted by Crippen LogP contribution is 2.29. The Bertz CT molecular complexity index is 691. The molecule has 140 valence electrons. The lowest BCUT2D eigenvalue weighted by atomic mass is 9.91. The number of piperidine rings is 1. The standard InChI is InChI=1S/C20H27N3O3/c1-13-8-14(2)11-22(10-13)20(26)16-9-19(25)23(12-16)18-6-4-17(5-7-18)21-15(3)24/h4-7,13-14,16H,8-12H2,1-3H3,(H,21,24)/t13-,14-,16-/m1/s1. The number of hydrogen-bond donors (Lipinski definition) is 1. The minimum absolute atomic E-state index is 0.0197. The molecule has 0 unspecified atom stereocenters. The maximum atomic E-state index is 12.9. The number of likely N-dealkylation sites (tertiary alicyclic amines) is 1. The predicted octanol–water partition coefficient (Wildman–Crippen LogP) is 2.50. The summed E-state index contributed by atoms with van der Waals surface area (Å²) in [7, 11) is 0. The fraction of sp³-hybridized carbons (Fsp3) is 0.550. The summed E-state index contributed by atoms with van der Waals surface area (Å²) in [6.07, 6.45) is 1.42. The fourth-order valence-corrected chi connectivity index (χ4v) is 4.15. The first kappa shape index (κ1) is 18.4. The second-order valence-electron chi connectivity index (χ2n) is 7.82. The summed E-state index contributed by atoms with van der Waals surface area (Å²) in [5, 5.41) is 2.71. The number of carbonyl (C=O) groups is 3. The van der Waals surface area contributed by atoms with E-state index in [1.165, 1.54) is 6.92 Å². The molecule has 2 aliphatic rings. The molecule has 0 aromatic heterocycles. The summed E-state index contributed by atoms with van der Waals surface area (Å²) in [5.74, 6) is 0.706. The van der Waals surface area contributed by atoms with Gasteiger partial charge in [0, 0.05) is 44.4 Å². The molecule has 3 amide bonds. The maximum absolute atomic E-state index is 12.9. The Hall–Kier alpha value is -2.37. The number of hydrogen-bond acceptors (Lipinski definition) is 3. The molecule has 2 saturated heterocycles. The summed E-state index contributed by atoms with van der Waals surface area (Å²) in [6, 6.07) is 7.16. The predicted molar refractivity (Wildman–Crippen MR) is 101 cm³/mol. The zero-order valence-electron chi connectivity index (χ0n) is 15.7. The van der Waals surface area contributed by atoms with Gasteiger partial charge in [-0.05, 0) is 42.5 Å². The van der Waals surface area contributed by atoms with Gasteiger partial charge in [-0.25, -0.2) is 0 Å². The van der Waals surface area contributed by atoms with Crippen molar-refractivity contribution in [3.63, 3.8) is 0 Å². The molecule has 0 spiro atoms. The van der Waals surface area contributed by atoms with Crippen LogP contribution in [0.15, 0.2) is 24.3 Å². The lowest BCUT2D eigenvalue weighted by Crippen LogP contribution is -2.45. The molecular formula is C20H27N3O3. The Morgan fingerprint density at radius 1 is 1.04 bits per heavy atom. The van der Waals surface area contributed by atoms with E-state index in [0.29, 0.717) is 24.1 Å². The molecule has 1 N–H and O–H groups in total. The van der Waals surface area contributed by atoms with Crippen molar-refractivity contribution < 1.29 is 14.4 Å². The molecule has 2 aliphatic heterocycles. The van der Waals surface area contributed by atoms with Gasteiger partial charge in [-0.2, -0.15) is 0 Å². The van der Waals surface area contributed by atoms with Crippen molar-refractivity contribution in [1.82, 2.24) is 4.90 Å². The largest absolute Gasteiger partial charge is 0.342 e. The highest BCUT2D eigenvalue weighted by molar-refractivity contribution is 6.00. The molecule has 26 heavy (non-hydrogen) atoms. The van der Waals surface area contributed by atoms with Gasteiger partial charge in [-0.1, -0.05) is 13.8 Å². The van der Waals surface area contributed by atoms with Crippen LogP contribution in [0.2, 0.25) is 0 Å². The first-order valence-electron chi connectivity index (χ1n) is 9.30. The van der Waals surface area contributed by atoms with Crippen LogP contribution in [0, 0.1) is 17.8 Å². The van der Waals surface area contributed by atoms with E-state index in [1.807, 2.05) is 4.90 Å². The van der Waals surface area contributed by atoms with Crippen LogP contribution in [0.1, 0.15) is 33.6 Å². The average molecular weight is 357 g/mol. The quantitative estimate of drug-likeness (QED) is 0.904. The van der Waals surface area contributed by atoms with E-state index in [4.69, 9.17) is 0 Å². The van der Waals surface area contributed by atoms with Crippen LogP contribution in [-0.4, -0.2) is 42.3 Å². The average Bonchev–Trinajstić information content (AvgIpc) is 2.95. The van der Waals surface area contributed by atoms with E-state index in [0.717, 1.165) is 25.2 Å². The van der Waals surface area contributed by atoms with Gasteiger partial charge in [0.25, 0.3) is 0 Å². The minimum atomic E-state index is -0.268. The van der Waals surface area contributed by atoms with E-state index in [9.17, 15) is 14.4 Å². The van der Waals surface area contributed by atoms with Crippen molar-refractivity contribution in [1.29, 1.82) is 0 Å². The summed E-state index contributed by atoms with van der Waals surface area (Å²) in [4.78, 5) is 40.1. The van der Waals surface area contributed by atoms with Crippen molar-refractivity contribution >= 4 is 29.1 Å². The third kappa shape index (κ3) is 4.06. The smallest absolute Gasteiger partial charge is 0.228 e. The van der Waals surface area contributed by atoms with Crippen LogP contribution < -0.4 is 10.2 Å². The Kier molecular flexibility index (Phi) is 5.30. The molecule has 2 fully saturated rings. The Morgan fingerprint density at radius 3 is 2.23 bits per heavy atom. The van der Waals surface area contributed by atoms with E-state index in [2.05, 4.69) is 19.2 Å². The van der Waals surface area contributed by atoms with Gasteiger partial charge < -0.3 is 15.1 Å². The number of anilines is 2. The van der Waals surface area contributed by atoms with Crippen LogP contribution in [0.25, 0.3) is 0 Å². The third-order valence-electron chi connectivity index (χ3n) is 5.15. The van der Waals surface area contributed by atoms with E-state index in [1.54, 1.807) is 29.2 Å². The maximum Gasteiger partial charge on any atom is 0.228 e. The number of nitrogens with one attached hydrogen (secondary N) is 1.